The van der Waals surface area contributed by atoms with Gasteiger partial charge in [0.05, 0.1) is 19.1 Å². The van der Waals surface area contributed by atoms with Gasteiger partial charge in [-0.3, -0.25) is 4.79 Å². The third kappa shape index (κ3) is 3.56. The van der Waals surface area contributed by atoms with Gasteiger partial charge in [-0.15, -0.1) is 0 Å². The van der Waals surface area contributed by atoms with Crippen LogP contribution in [0.1, 0.15) is 18.4 Å². The van der Waals surface area contributed by atoms with E-state index in [2.05, 4.69) is 17.0 Å². The van der Waals surface area contributed by atoms with Crippen molar-refractivity contribution in [3.8, 4) is 0 Å². The number of hydrogen-bond donors (Lipinski definition) is 0. The third-order valence-electron chi connectivity index (χ3n) is 4.40. The standard InChI is InChI=1S/C17H24N2O2/c1-18(2)15-7-3-13(4-8-15)11-17(20)19-9-10-21-16(12-19)14-5-6-14/h3-4,7-8,14,16H,5-6,9-12H2,1-2H3/t16-/m0/s1. The Hall–Kier alpha value is -1.55. The van der Waals surface area contributed by atoms with Crippen LogP contribution in [0.25, 0.3) is 0 Å². The van der Waals surface area contributed by atoms with Crippen molar-refractivity contribution in [2.75, 3.05) is 38.7 Å². The van der Waals surface area contributed by atoms with Crippen molar-refractivity contribution in [3.05, 3.63) is 29.8 Å². The molecule has 1 heterocycles. The van der Waals surface area contributed by atoms with Gasteiger partial charge in [0.15, 0.2) is 0 Å². The number of amides is 1. The summed E-state index contributed by atoms with van der Waals surface area (Å²) in [5.41, 5.74) is 2.24. The first-order chi connectivity index (χ1) is 10.1. The molecule has 4 nitrogen and oxygen atoms in total. The van der Waals surface area contributed by atoms with Gasteiger partial charge in [-0.05, 0) is 36.5 Å². The van der Waals surface area contributed by atoms with Gasteiger partial charge in [0.1, 0.15) is 0 Å². The summed E-state index contributed by atoms with van der Waals surface area (Å²) in [7, 11) is 4.04. The van der Waals surface area contributed by atoms with E-state index in [1.165, 1.54) is 12.8 Å². The minimum Gasteiger partial charge on any atom is -0.378 e. The van der Waals surface area contributed by atoms with Crippen LogP contribution in [-0.2, 0) is 16.0 Å². The van der Waals surface area contributed by atoms with Gasteiger partial charge in [-0.25, -0.2) is 0 Å². The van der Waals surface area contributed by atoms with E-state index in [4.69, 9.17) is 4.74 Å². The zero-order valence-electron chi connectivity index (χ0n) is 12.9. The molecule has 0 aromatic heterocycles. The SMILES string of the molecule is CN(C)c1ccc(CC(=O)N2CCO[C@H](C3CC3)C2)cc1. The van der Waals surface area contributed by atoms with Crippen LogP contribution in [0.3, 0.4) is 0 Å². The van der Waals surface area contributed by atoms with E-state index in [-0.39, 0.29) is 12.0 Å². The molecule has 2 fully saturated rings. The Bertz CT molecular complexity index is 494. The normalized spacial score (nSPS) is 22.2. The largest absolute Gasteiger partial charge is 0.378 e. The first-order valence-electron chi connectivity index (χ1n) is 7.79. The molecule has 4 heteroatoms. The van der Waals surface area contributed by atoms with Gasteiger partial charge < -0.3 is 14.5 Å². The van der Waals surface area contributed by atoms with Gasteiger partial charge in [0.2, 0.25) is 5.91 Å². The van der Waals surface area contributed by atoms with Crippen LogP contribution < -0.4 is 4.90 Å². The summed E-state index contributed by atoms with van der Waals surface area (Å²) in [6.07, 6.45) is 3.29. The number of benzene rings is 1. The zero-order chi connectivity index (χ0) is 14.8. The van der Waals surface area contributed by atoms with Crippen LogP contribution in [0.5, 0.6) is 0 Å². The predicted molar refractivity (Wildman–Crippen MR) is 83.5 cm³/mol. The summed E-state index contributed by atoms with van der Waals surface area (Å²) >= 11 is 0. The monoisotopic (exact) mass is 288 g/mol. The molecule has 21 heavy (non-hydrogen) atoms. The van der Waals surface area contributed by atoms with Gasteiger partial charge in [-0.1, -0.05) is 12.1 Å². The second kappa shape index (κ2) is 6.06. The predicted octanol–water partition coefficient (Wildman–Crippen LogP) is 1.93. The quantitative estimate of drug-likeness (QED) is 0.849. The van der Waals surface area contributed by atoms with E-state index >= 15 is 0 Å². The molecule has 1 saturated heterocycles. The number of hydrogen-bond acceptors (Lipinski definition) is 3. The van der Waals surface area contributed by atoms with Crippen LogP contribution in [0, 0.1) is 5.92 Å². The van der Waals surface area contributed by atoms with E-state index in [0.717, 1.165) is 24.3 Å². The highest BCUT2D eigenvalue weighted by atomic mass is 16.5. The molecular formula is C17H24N2O2. The Morgan fingerprint density at radius 2 is 2.00 bits per heavy atom. The molecule has 1 aliphatic heterocycles. The first kappa shape index (κ1) is 14.4. The summed E-state index contributed by atoms with van der Waals surface area (Å²) < 4.78 is 5.78. The van der Waals surface area contributed by atoms with E-state index in [0.29, 0.717) is 18.9 Å². The average molecular weight is 288 g/mol. The molecule has 2 aliphatic rings. The van der Waals surface area contributed by atoms with E-state index < -0.39 is 0 Å². The van der Waals surface area contributed by atoms with Crippen molar-refractivity contribution in [2.45, 2.75) is 25.4 Å². The Kier molecular flexibility index (Phi) is 4.15. The summed E-state index contributed by atoms with van der Waals surface area (Å²) in [4.78, 5) is 16.5. The number of nitrogens with zero attached hydrogens (tertiary/aromatic N) is 2. The van der Waals surface area contributed by atoms with Crippen molar-refractivity contribution < 1.29 is 9.53 Å². The topological polar surface area (TPSA) is 32.8 Å². The van der Waals surface area contributed by atoms with Gasteiger partial charge in [0, 0.05) is 32.9 Å². The van der Waals surface area contributed by atoms with E-state index in [1.54, 1.807) is 0 Å². The van der Waals surface area contributed by atoms with E-state index in [1.807, 2.05) is 31.1 Å². The molecule has 0 unspecified atom stereocenters. The molecule has 1 aliphatic carbocycles. The third-order valence-corrected chi connectivity index (χ3v) is 4.40. The Morgan fingerprint density at radius 1 is 1.29 bits per heavy atom. The molecule has 1 aromatic rings. The molecule has 0 radical (unpaired) electrons. The molecule has 1 aromatic carbocycles. The van der Waals surface area contributed by atoms with Crippen molar-refractivity contribution in [3.63, 3.8) is 0 Å². The second-order valence-corrected chi connectivity index (χ2v) is 6.32. The Balaban J connectivity index is 1.57. The highest BCUT2D eigenvalue weighted by Gasteiger charge is 2.36. The fourth-order valence-corrected chi connectivity index (χ4v) is 2.85. The molecule has 0 bridgehead atoms. The average Bonchev–Trinajstić information content (AvgIpc) is 3.32. The number of carbonyl (C=O) groups is 1. The Labute approximate surface area is 126 Å². The minimum atomic E-state index is 0.224. The molecule has 0 N–H and O–H groups in total. The van der Waals surface area contributed by atoms with Crippen molar-refractivity contribution >= 4 is 11.6 Å². The van der Waals surface area contributed by atoms with E-state index in [9.17, 15) is 4.79 Å². The maximum absolute atomic E-state index is 12.4. The molecule has 0 spiro atoms. The van der Waals surface area contributed by atoms with Crippen molar-refractivity contribution in [1.29, 1.82) is 0 Å². The lowest BCUT2D eigenvalue weighted by atomic mass is 10.1. The number of anilines is 1. The van der Waals surface area contributed by atoms with Crippen LogP contribution in [0.2, 0.25) is 0 Å². The number of ether oxygens (including phenoxy) is 1. The molecule has 1 atom stereocenters. The lowest BCUT2D eigenvalue weighted by molar-refractivity contribution is -0.138. The van der Waals surface area contributed by atoms with Crippen molar-refractivity contribution in [1.82, 2.24) is 4.90 Å². The summed E-state index contributed by atoms with van der Waals surface area (Å²) in [5.74, 6) is 0.918. The molecule has 1 saturated carbocycles. The summed E-state index contributed by atoms with van der Waals surface area (Å²) in [5, 5.41) is 0. The van der Waals surface area contributed by atoms with Crippen molar-refractivity contribution in [2.24, 2.45) is 5.92 Å². The highest BCUT2D eigenvalue weighted by molar-refractivity contribution is 5.79. The number of morpholine rings is 1. The van der Waals surface area contributed by atoms with Crippen LogP contribution in [-0.4, -0.2) is 50.7 Å². The van der Waals surface area contributed by atoms with Gasteiger partial charge >= 0.3 is 0 Å². The highest BCUT2D eigenvalue weighted by Crippen LogP contribution is 2.35. The van der Waals surface area contributed by atoms with Gasteiger partial charge in [-0.2, -0.15) is 0 Å². The molecule has 3 rings (SSSR count). The second-order valence-electron chi connectivity index (χ2n) is 6.32. The fraction of sp³-hybridized carbons (Fsp3) is 0.588. The fourth-order valence-electron chi connectivity index (χ4n) is 2.85. The van der Waals surface area contributed by atoms with Crippen LogP contribution in [0.4, 0.5) is 5.69 Å². The van der Waals surface area contributed by atoms with Crippen LogP contribution >= 0.6 is 0 Å². The number of carbonyl (C=O) groups excluding carboxylic acids is 1. The van der Waals surface area contributed by atoms with Crippen LogP contribution in [0.15, 0.2) is 24.3 Å². The summed E-state index contributed by atoms with van der Waals surface area (Å²) in [6.45, 7) is 2.20. The first-order valence-corrected chi connectivity index (χ1v) is 7.79. The lowest BCUT2D eigenvalue weighted by Crippen LogP contribution is -2.46. The van der Waals surface area contributed by atoms with Gasteiger partial charge in [0.25, 0.3) is 0 Å². The zero-order valence-corrected chi connectivity index (χ0v) is 12.9. The molecule has 1 amide bonds. The molecule has 114 valence electrons. The molecular weight excluding hydrogens is 264 g/mol. The minimum absolute atomic E-state index is 0.224. The Morgan fingerprint density at radius 3 is 2.62 bits per heavy atom. The smallest absolute Gasteiger partial charge is 0.227 e. The summed E-state index contributed by atoms with van der Waals surface area (Å²) in [6, 6.07) is 8.22. The lowest BCUT2D eigenvalue weighted by Gasteiger charge is -2.33. The maximum Gasteiger partial charge on any atom is 0.227 e. The number of rotatable bonds is 4. The maximum atomic E-state index is 12.4.